The molecule has 2 rings (SSSR count). The standard InChI is InChI=1S/C14H16BrNO4/c1-8-5-9(15)3-4-10(8)12(17)16-11-6-20-7-14(11,2)13(18)19/h3-5,11H,6-7H2,1-2H3,(H,16,17)(H,18,19). The van der Waals surface area contributed by atoms with E-state index >= 15 is 0 Å². The topological polar surface area (TPSA) is 75.6 Å². The van der Waals surface area contributed by atoms with Gasteiger partial charge in [-0.1, -0.05) is 15.9 Å². The number of benzene rings is 1. The lowest BCUT2D eigenvalue weighted by molar-refractivity contribution is -0.148. The average molecular weight is 342 g/mol. The third-order valence-corrected chi connectivity index (χ3v) is 4.18. The number of rotatable bonds is 3. The van der Waals surface area contributed by atoms with Crippen LogP contribution in [0.1, 0.15) is 22.8 Å². The Hall–Kier alpha value is -1.40. The second-order valence-corrected chi connectivity index (χ2v) is 6.14. The largest absolute Gasteiger partial charge is 0.481 e. The number of aryl methyl sites for hydroxylation is 1. The Bertz CT molecular complexity index is 560. The first kappa shape index (κ1) is 15.0. The van der Waals surface area contributed by atoms with Crippen molar-refractivity contribution in [1.29, 1.82) is 0 Å². The summed E-state index contributed by atoms with van der Waals surface area (Å²) in [7, 11) is 0. The molecule has 0 aliphatic carbocycles. The molecule has 2 atom stereocenters. The van der Waals surface area contributed by atoms with Gasteiger partial charge in [0.05, 0.1) is 19.3 Å². The number of ether oxygens (including phenoxy) is 1. The Balaban J connectivity index is 2.17. The molecule has 1 fully saturated rings. The number of carbonyl (C=O) groups excluding carboxylic acids is 1. The zero-order valence-corrected chi connectivity index (χ0v) is 12.9. The van der Waals surface area contributed by atoms with Gasteiger partial charge in [-0.25, -0.2) is 0 Å². The number of hydrogen-bond acceptors (Lipinski definition) is 3. The maximum atomic E-state index is 12.3. The molecule has 1 heterocycles. The molecule has 2 unspecified atom stereocenters. The summed E-state index contributed by atoms with van der Waals surface area (Å²) in [5.74, 6) is -1.24. The van der Waals surface area contributed by atoms with Crippen molar-refractivity contribution in [3.05, 3.63) is 33.8 Å². The van der Waals surface area contributed by atoms with Gasteiger partial charge in [0.15, 0.2) is 0 Å². The second kappa shape index (κ2) is 5.54. The summed E-state index contributed by atoms with van der Waals surface area (Å²) in [5.41, 5.74) is 0.277. The van der Waals surface area contributed by atoms with Crippen molar-refractivity contribution in [1.82, 2.24) is 5.32 Å². The average Bonchev–Trinajstić information content (AvgIpc) is 2.72. The highest BCUT2D eigenvalue weighted by atomic mass is 79.9. The predicted molar refractivity (Wildman–Crippen MR) is 76.7 cm³/mol. The van der Waals surface area contributed by atoms with E-state index in [9.17, 15) is 14.7 Å². The first-order chi connectivity index (χ1) is 9.34. The zero-order chi connectivity index (χ0) is 14.9. The third kappa shape index (κ3) is 2.71. The van der Waals surface area contributed by atoms with Crippen LogP contribution in [-0.4, -0.2) is 36.2 Å². The Morgan fingerprint density at radius 2 is 2.20 bits per heavy atom. The lowest BCUT2D eigenvalue weighted by Gasteiger charge is -2.25. The van der Waals surface area contributed by atoms with Crippen LogP contribution in [0.2, 0.25) is 0 Å². The van der Waals surface area contributed by atoms with E-state index in [4.69, 9.17) is 4.74 Å². The van der Waals surface area contributed by atoms with E-state index < -0.39 is 17.4 Å². The van der Waals surface area contributed by atoms with Crippen LogP contribution >= 0.6 is 15.9 Å². The van der Waals surface area contributed by atoms with Crippen LogP contribution in [-0.2, 0) is 9.53 Å². The molecule has 108 valence electrons. The number of carboxylic acid groups (broad SMARTS) is 1. The van der Waals surface area contributed by atoms with Crippen LogP contribution in [0.4, 0.5) is 0 Å². The molecular weight excluding hydrogens is 326 g/mol. The van der Waals surface area contributed by atoms with Crippen LogP contribution in [0.5, 0.6) is 0 Å². The quantitative estimate of drug-likeness (QED) is 0.881. The van der Waals surface area contributed by atoms with E-state index in [0.717, 1.165) is 10.0 Å². The maximum Gasteiger partial charge on any atom is 0.313 e. The summed E-state index contributed by atoms with van der Waals surface area (Å²) >= 11 is 3.34. The molecule has 1 aromatic carbocycles. The van der Waals surface area contributed by atoms with Crippen molar-refractivity contribution in [3.8, 4) is 0 Å². The number of hydrogen-bond donors (Lipinski definition) is 2. The number of halogens is 1. The van der Waals surface area contributed by atoms with Crippen molar-refractivity contribution in [3.63, 3.8) is 0 Å². The highest BCUT2D eigenvalue weighted by Gasteiger charge is 2.47. The number of aliphatic carboxylic acids is 1. The van der Waals surface area contributed by atoms with Gasteiger partial charge in [-0.15, -0.1) is 0 Å². The maximum absolute atomic E-state index is 12.3. The molecule has 1 aliphatic rings. The molecule has 0 bridgehead atoms. The monoisotopic (exact) mass is 341 g/mol. The molecular formula is C14H16BrNO4. The summed E-state index contributed by atoms with van der Waals surface area (Å²) in [6.07, 6.45) is 0. The Labute approximate surface area is 125 Å². The Morgan fingerprint density at radius 1 is 1.50 bits per heavy atom. The molecule has 0 aromatic heterocycles. The van der Waals surface area contributed by atoms with E-state index in [-0.39, 0.29) is 19.1 Å². The van der Waals surface area contributed by atoms with Gasteiger partial charge in [0, 0.05) is 10.0 Å². The molecule has 2 N–H and O–H groups in total. The van der Waals surface area contributed by atoms with Crippen LogP contribution in [0.25, 0.3) is 0 Å². The molecule has 1 amide bonds. The Kier molecular flexibility index (Phi) is 4.15. The molecule has 0 spiro atoms. The lowest BCUT2D eigenvalue weighted by Crippen LogP contribution is -2.49. The minimum Gasteiger partial charge on any atom is -0.481 e. The summed E-state index contributed by atoms with van der Waals surface area (Å²) in [5, 5.41) is 12.0. The second-order valence-electron chi connectivity index (χ2n) is 5.22. The number of amides is 1. The summed E-state index contributed by atoms with van der Waals surface area (Å²) in [4.78, 5) is 23.6. The zero-order valence-electron chi connectivity index (χ0n) is 11.3. The fourth-order valence-corrected chi connectivity index (χ4v) is 2.68. The van der Waals surface area contributed by atoms with Gasteiger partial charge in [-0.3, -0.25) is 9.59 Å². The number of carbonyl (C=O) groups is 2. The van der Waals surface area contributed by atoms with Gasteiger partial charge in [0.25, 0.3) is 5.91 Å². The third-order valence-electron chi connectivity index (χ3n) is 3.68. The highest BCUT2D eigenvalue weighted by molar-refractivity contribution is 9.10. The summed E-state index contributed by atoms with van der Waals surface area (Å²) in [6, 6.07) is 4.80. The smallest absolute Gasteiger partial charge is 0.313 e. The molecule has 0 radical (unpaired) electrons. The normalized spacial score (nSPS) is 25.4. The van der Waals surface area contributed by atoms with Gasteiger partial charge in [0.1, 0.15) is 5.41 Å². The molecule has 1 aliphatic heterocycles. The summed E-state index contributed by atoms with van der Waals surface area (Å²) in [6.45, 7) is 3.74. The van der Waals surface area contributed by atoms with Crippen LogP contribution in [0.3, 0.4) is 0 Å². The summed E-state index contributed by atoms with van der Waals surface area (Å²) < 4.78 is 6.11. The molecule has 20 heavy (non-hydrogen) atoms. The first-order valence-electron chi connectivity index (χ1n) is 6.23. The molecule has 6 heteroatoms. The van der Waals surface area contributed by atoms with E-state index in [1.807, 2.05) is 13.0 Å². The van der Waals surface area contributed by atoms with Gasteiger partial charge in [-0.2, -0.15) is 0 Å². The van der Waals surface area contributed by atoms with Crippen LogP contribution < -0.4 is 5.32 Å². The molecule has 1 aromatic rings. The predicted octanol–water partition coefficient (Wildman–Crippen LogP) is 1.98. The van der Waals surface area contributed by atoms with Crippen molar-refractivity contribution >= 4 is 27.8 Å². The van der Waals surface area contributed by atoms with Gasteiger partial charge < -0.3 is 15.2 Å². The minimum atomic E-state index is -1.08. The molecule has 5 nitrogen and oxygen atoms in total. The van der Waals surface area contributed by atoms with Crippen molar-refractivity contribution in [2.24, 2.45) is 5.41 Å². The fourth-order valence-electron chi connectivity index (χ4n) is 2.20. The van der Waals surface area contributed by atoms with E-state index in [1.165, 1.54) is 0 Å². The van der Waals surface area contributed by atoms with Gasteiger partial charge >= 0.3 is 5.97 Å². The first-order valence-corrected chi connectivity index (χ1v) is 7.02. The number of carboxylic acids is 1. The van der Waals surface area contributed by atoms with Gasteiger partial charge in [0.2, 0.25) is 0 Å². The van der Waals surface area contributed by atoms with Crippen molar-refractivity contribution < 1.29 is 19.4 Å². The highest BCUT2D eigenvalue weighted by Crippen LogP contribution is 2.29. The molecule has 1 saturated heterocycles. The van der Waals surface area contributed by atoms with Crippen LogP contribution in [0, 0.1) is 12.3 Å². The van der Waals surface area contributed by atoms with Crippen LogP contribution in [0.15, 0.2) is 22.7 Å². The number of nitrogens with one attached hydrogen (secondary N) is 1. The molecule has 0 saturated carbocycles. The lowest BCUT2D eigenvalue weighted by atomic mass is 9.85. The fraction of sp³-hybridized carbons (Fsp3) is 0.429. The Morgan fingerprint density at radius 3 is 2.80 bits per heavy atom. The van der Waals surface area contributed by atoms with Crippen molar-refractivity contribution in [2.75, 3.05) is 13.2 Å². The minimum absolute atomic E-state index is 0.104. The van der Waals surface area contributed by atoms with Gasteiger partial charge in [-0.05, 0) is 37.6 Å². The van der Waals surface area contributed by atoms with E-state index in [1.54, 1.807) is 19.1 Å². The SMILES string of the molecule is Cc1cc(Br)ccc1C(=O)NC1COCC1(C)C(=O)O. The van der Waals surface area contributed by atoms with E-state index in [0.29, 0.717) is 5.56 Å². The van der Waals surface area contributed by atoms with E-state index in [2.05, 4.69) is 21.2 Å². The van der Waals surface area contributed by atoms with Crippen molar-refractivity contribution in [2.45, 2.75) is 19.9 Å².